The van der Waals surface area contributed by atoms with E-state index in [0.29, 0.717) is 34.9 Å². The van der Waals surface area contributed by atoms with Gasteiger partial charge in [0.05, 0.1) is 0 Å². The summed E-state index contributed by atoms with van der Waals surface area (Å²) in [4.78, 5) is 28.1. The van der Waals surface area contributed by atoms with E-state index in [1.807, 2.05) is 11.4 Å². The van der Waals surface area contributed by atoms with Crippen LogP contribution in [0.1, 0.15) is 19.8 Å². The van der Waals surface area contributed by atoms with E-state index >= 15 is 0 Å². The fourth-order valence-electron chi connectivity index (χ4n) is 3.41. The predicted molar refractivity (Wildman–Crippen MR) is 112 cm³/mol. The highest BCUT2D eigenvalue weighted by Crippen LogP contribution is 2.21. The Bertz CT molecular complexity index is 875. The van der Waals surface area contributed by atoms with Crippen molar-refractivity contribution >= 4 is 23.1 Å². The summed E-state index contributed by atoms with van der Waals surface area (Å²) in [5.41, 5.74) is 0. The summed E-state index contributed by atoms with van der Waals surface area (Å²) in [7, 11) is 0. The zero-order chi connectivity index (χ0) is 20.1. The molecule has 152 valence electrons. The average molecular weight is 413 g/mol. The predicted octanol–water partition coefficient (Wildman–Crippen LogP) is 1.80. The number of nitrogens with zero attached hydrogens (tertiary/aromatic N) is 6. The molecule has 2 N–H and O–H groups in total. The third-order valence-corrected chi connectivity index (χ3v) is 5.53. The number of anilines is 1. The maximum absolute atomic E-state index is 12.5. The Morgan fingerprint density at radius 3 is 3.03 bits per heavy atom. The van der Waals surface area contributed by atoms with Crippen LogP contribution in [-0.2, 0) is 4.79 Å². The van der Waals surface area contributed by atoms with Crippen LogP contribution in [0.3, 0.4) is 0 Å². The van der Waals surface area contributed by atoms with Crippen molar-refractivity contribution in [1.29, 1.82) is 0 Å². The Balaban J connectivity index is 1.43. The molecule has 3 aromatic rings. The Morgan fingerprint density at radius 1 is 1.34 bits per heavy atom. The molecular weight excluding hydrogens is 388 g/mol. The topological polar surface area (TPSA) is 101 Å². The summed E-state index contributed by atoms with van der Waals surface area (Å²) in [5.74, 6) is 1.44. The number of carbonyl (C=O) groups excluding carboxylic acids is 1. The molecule has 29 heavy (non-hydrogen) atoms. The van der Waals surface area contributed by atoms with Crippen molar-refractivity contribution in [2.45, 2.75) is 25.8 Å². The second-order valence-corrected chi connectivity index (χ2v) is 7.76. The van der Waals surface area contributed by atoms with Crippen LogP contribution in [-0.4, -0.2) is 67.8 Å². The summed E-state index contributed by atoms with van der Waals surface area (Å²) in [5, 5.41) is 13.2. The molecule has 4 rings (SSSR count). The molecule has 0 radical (unpaired) electrons. The van der Waals surface area contributed by atoms with Gasteiger partial charge in [-0.05, 0) is 25.6 Å². The van der Waals surface area contributed by atoms with Crippen LogP contribution >= 0.6 is 11.3 Å². The third kappa shape index (κ3) is 5.03. The highest BCUT2D eigenvalue weighted by atomic mass is 32.1. The molecule has 1 amide bonds. The van der Waals surface area contributed by atoms with E-state index in [-0.39, 0.29) is 5.91 Å². The summed E-state index contributed by atoms with van der Waals surface area (Å²) in [6.07, 6.45) is 6.74. The number of carbonyl (C=O) groups is 1. The summed E-state index contributed by atoms with van der Waals surface area (Å²) in [6, 6.07) is 4.07. The average Bonchev–Trinajstić information content (AvgIpc) is 3.49. The summed E-state index contributed by atoms with van der Waals surface area (Å²) < 4.78 is 1.64. The maximum Gasteiger partial charge on any atom is 0.226 e. The number of aromatic nitrogens is 5. The van der Waals surface area contributed by atoms with Gasteiger partial charge in [0.1, 0.15) is 5.82 Å². The molecule has 1 saturated heterocycles. The van der Waals surface area contributed by atoms with E-state index in [9.17, 15) is 4.79 Å². The van der Waals surface area contributed by atoms with Crippen molar-refractivity contribution in [1.82, 2.24) is 34.9 Å². The first-order valence-electron chi connectivity index (χ1n) is 9.76. The van der Waals surface area contributed by atoms with Gasteiger partial charge in [0.15, 0.2) is 16.6 Å². The van der Waals surface area contributed by atoms with Crippen molar-refractivity contribution in [2.75, 3.05) is 31.5 Å². The number of amides is 1. The van der Waals surface area contributed by atoms with E-state index in [1.54, 1.807) is 29.3 Å². The Hall–Kier alpha value is -2.69. The first-order chi connectivity index (χ1) is 14.2. The van der Waals surface area contributed by atoms with Crippen LogP contribution < -0.4 is 10.6 Å². The SMILES string of the molecule is CCN[C@@H]1CCN(CCC(=O)Nc2cc(-n3cccn3)nc(-c3nccs3)n2)C1. The Kier molecular flexibility index (Phi) is 6.23. The van der Waals surface area contributed by atoms with E-state index < -0.39 is 0 Å². The van der Waals surface area contributed by atoms with Crippen LogP contribution in [0.15, 0.2) is 36.1 Å². The fourth-order valence-corrected chi connectivity index (χ4v) is 3.97. The number of nitrogens with one attached hydrogen (secondary N) is 2. The van der Waals surface area contributed by atoms with Crippen molar-refractivity contribution in [3.8, 4) is 16.6 Å². The van der Waals surface area contributed by atoms with Crippen LogP contribution in [0, 0.1) is 0 Å². The first-order valence-corrected chi connectivity index (χ1v) is 10.6. The van der Waals surface area contributed by atoms with Gasteiger partial charge in [0.2, 0.25) is 5.91 Å². The summed E-state index contributed by atoms with van der Waals surface area (Å²) >= 11 is 1.45. The molecular formula is C19H24N8OS. The van der Waals surface area contributed by atoms with Gasteiger partial charge >= 0.3 is 0 Å². The van der Waals surface area contributed by atoms with Crippen LogP contribution in [0.25, 0.3) is 16.6 Å². The van der Waals surface area contributed by atoms with E-state index in [0.717, 1.165) is 32.6 Å². The number of hydrogen-bond donors (Lipinski definition) is 2. The minimum Gasteiger partial charge on any atom is -0.313 e. The van der Waals surface area contributed by atoms with E-state index in [2.05, 4.69) is 42.5 Å². The summed E-state index contributed by atoms with van der Waals surface area (Å²) in [6.45, 7) is 5.86. The lowest BCUT2D eigenvalue weighted by atomic mass is 10.3. The van der Waals surface area contributed by atoms with Gasteiger partial charge in [0, 0.05) is 55.6 Å². The smallest absolute Gasteiger partial charge is 0.226 e. The van der Waals surface area contributed by atoms with E-state index in [1.165, 1.54) is 11.3 Å². The van der Waals surface area contributed by atoms with Crippen LogP contribution in [0.2, 0.25) is 0 Å². The maximum atomic E-state index is 12.5. The zero-order valence-corrected chi connectivity index (χ0v) is 17.1. The second kappa shape index (κ2) is 9.21. The van der Waals surface area contributed by atoms with Gasteiger partial charge in [0.25, 0.3) is 0 Å². The number of hydrogen-bond acceptors (Lipinski definition) is 8. The monoisotopic (exact) mass is 412 g/mol. The zero-order valence-electron chi connectivity index (χ0n) is 16.3. The molecule has 1 atom stereocenters. The molecule has 0 saturated carbocycles. The fraction of sp³-hybridized carbons (Fsp3) is 0.421. The molecule has 0 aromatic carbocycles. The Labute approximate surface area is 173 Å². The molecule has 0 unspecified atom stereocenters. The van der Waals surface area contributed by atoms with Crippen molar-refractivity contribution in [2.24, 2.45) is 0 Å². The van der Waals surface area contributed by atoms with Gasteiger partial charge in [-0.1, -0.05) is 6.92 Å². The lowest BCUT2D eigenvalue weighted by Crippen LogP contribution is -2.33. The molecule has 0 aliphatic carbocycles. The van der Waals surface area contributed by atoms with Gasteiger partial charge in [-0.15, -0.1) is 11.3 Å². The molecule has 1 fully saturated rings. The van der Waals surface area contributed by atoms with Crippen molar-refractivity contribution in [3.05, 3.63) is 36.1 Å². The number of thiazole rings is 1. The lowest BCUT2D eigenvalue weighted by molar-refractivity contribution is -0.116. The number of rotatable bonds is 8. The van der Waals surface area contributed by atoms with Crippen LogP contribution in [0.5, 0.6) is 0 Å². The molecule has 0 spiro atoms. The second-order valence-electron chi connectivity index (χ2n) is 6.86. The van der Waals surface area contributed by atoms with Gasteiger partial charge in [-0.25, -0.2) is 19.6 Å². The molecule has 9 nitrogen and oxygen atoms in total. The van der Waals surface area contributed by atoms with Crippen molar-refractivity contribution < 1.29 is 4.79 Å². The van der Waals surface area contributed by atoms with Crippen molar-refractivity contribution in [3.63, 3.8) is 0 Å². The van der Waals surface area contributed by atoms with Gasteiger partial charge < -0.3 is 15.5 Å². The molecule has 0 bridgehead atoms. The molecule has 1 aliphatic rings. The van der Waals surface area contributed by atoms with Gasteiger partial charge in [-0.2, -0.15) is 5.10 Å². The minimum atomic E-state index is -0.0629. The van der Waals surface area contributed by atoms with Crippen LogP contribution in [0.4, 0.5) is 5.82 Å². The third-order valence-electron chi connectivity index (χ3n) is 4.76. The minimum absolute atomic E-state index is 0.0629. The first kappa shape index (κ1) is 19.6. The van der Waals surface area contributed by atoms with E-state index in [4.69, 9.17) is 0 Å². The lowest BCUT2D eigenvalue weighted by Gasteiger charge is -2.16. The quantitative estimate of drug-likeness (QED) is 0.582. The largest absolute Gasteiger partial charge is 0.313 e. The standard InChI is InChI=1S/C19H24N8OS/c1-2-20-14-4-9-26(13-14)10-5-17(28)23-15-12-16(27-8-3-6-22-27)25-18(24-15)19-21-7-11-29-19/h3,6-8,11-12,14,20H,2,4-5,9-10,13H2,1H3,(H,23,24,25,28)/t14-/m1/s1. The molecule has 3 aromatic heterocycles. The number of likely N-dealkylation sites (N-methyl/N-ethyl adjacent to an activating group) is 1. The molecule has 4 heterocycles. The molecule has 1 aliphatic heterocycles. The highest BCUT2D eigenvalue weighted by molar-refractivity contribution is 7.13. The number of likely N-dealkylation sites (tertiary alicyclic amines) is 1. The molecule has 10 heteroatoms. The Morgan fingerprint density at radius 2 is 2.28 bits per heavy atom. The normalized spacial score (nSPS) is 16.9. The van der Waals surface area contributed by atoms with Gasteiger partial charge in [-0.3, -0.25) is 4.79 Å². The highest BCUT2D eigenvalue weighted by Gasteiger charge is 2.22.